The molecule has 186 valence electrons. The Morgan fingerprint density at radius 1 is 1.08 bits per heavy atom. The maximum Gasteiger partial charge on any atom is 0.416 e. The van der Waals surface area contributed by atoms with Gasteiger partial charge in [0.1, 0.15) is 11.5 Å². The van der Waals surface area contributed by atoms with E-state index < -0.39 is 17.8 Å². The molecule has 1 aromatic heterocycles. The zero-order chi connectivity index (χ0) is 25.4. The lowest BCUT2D eigenvalue weighted by molar-refractivity contribution is -0.137. The SMILES string of the molecule is COc1ccc2[nH]c3c(c2c1)CCN(C(=O)COc1ccc(Cl)cc1)[C@H]3c1cccc(C(F)(F)F)c1. The van der Waals surface area contributed by atoms with Crippen molar-refractivity contribution in [2.45, 2.75) is 18.6 Å². The molecule has 2 heterocycles. The number of aromatic nitrogens is 1. The van der Waals surface area contributed by atoms with Crippen LogP contribution < -0.4 is 9.47 Å². The fourth-order valence-corrected chi connectivity index (χ4v) is 4.78. The summed E-state index contributed by atoms with van der Waals surface area (Å²) in [5.74, 6) is 0.808. The first-order chi connectivity index (χ1) is 17.2. The van der Waals surface area contributed by atoms with E-state index in [1.54, 1.807) is 42.3 Å². The molecule has 0 fully saturated rings. The van der Waals surface area contributed by atoms with Crippen LogP contribution in [-0.2, 0) is 17.4 Å². The largest absolute Gasteiger partial charge is 0.497 e. The molecule has 1 aliphatic rings. The summed E-state index contributed by atoms with van der Waals surface area (Å²) >= 11 is 5.91. The quantitative estimate of drug-likeness (QED) is 0.335. The first-order valence-corrected chi connectivity index (χ1v) is 11.7. The molecule has 1 atom stereocenters. The number of rotatable bonds is 5. The first kappa shape index (κ1) is 24.1. The highest BCUT2D eigenvalue weighted by Crippen LogP contribution is 2.41. The number of methoxy groups -OCH3 is 1. The van der Waals surface area contributed by atoms with Crippen molar-refractivity contribution < 1.29 is 27.4 Å². The van der Waals surface area contributed by atoms with Gasteiger partial charge < -0.3 is 19.4 Å². The number of H-pyrrole nitrogens is 1. The number of nitrogens with zero attached hydrogens (tertiary/aromatic N) is 1. The number of benzene rings is 3. The van der Waals surface area contributed by atoms with Crippen molar-refractivity contribution in [1.29, 1.82) is 0 Å². The smallest absolute Gasteiger partial charge is 0.416 e. The van der Waals surface area contributed by atoms with Crippen molar-refractivity contribution in [2.24, 2.45) is 0 Å². The van der Waals surface area contributed by atoms with Gasteiger partial charge in [0, 0.05) is 28.2 Å². The van der Waals surface area contributed by atoms with E-state index in [0.717, 1.165) is 28.6 Å². The molecule has 0 bridgehead atoms. The minimum atomic E-state index is -4.51. The second kappa shape index (κ2) is 9.43. The van der Waals surface area contributed by atoms with Gasteiger partial charge in [0.2, 0.25) is 0 Å². The Balaban J connectivity index is 1.55. The number of amides is 1. The van der Waals surface area contributed by atoms with Gasteiger partial charge in [0.15, 0.2) is 6.61 Å². The molecule has 3 aromatic carbocycles. The zero-order valence-corrected chi connectivity index (χ0v) is 20.0. The summed E-state index contributed by atoms with van der Waals surface area (Å²) in [7, 11) is 1.58. The highest BCUT2D eigenvalue weighted by atomic mass is 35.5. The fraction of sp³-hybridized carbons (Fsp3) is 0.222. The van der Waals surface area contributed by atoms with E-state index in [1.807, 2.05) is 18.2 Å². The molecule has 5 rings (SSSR count). The van der Waals surface area contributed by atoms with Gasteiger partial charge in [-0.15, -0.1) is 0 Å². The van der Waals surface area contributed by atoms with Crippen LogP contribution in [0.1, 0.15) is 28.4 Å². The van der Waals surface area contributed by atoms with Crippen LogP contribution in [0.25, 0.3) is 10.9 Å². The van der Waals surface area contributed by atoms with Crippen LogP contribution in [0.2, 0.25) is 5.02 Å². The Morgan fingerprint density at radius 2 is 1.83 bits per heavy atom. The summed E-state index contributed by atoms with van der Waals surface area (Å²) in [4.78, 5) is 18.3. The molecule has 0 saturated heterocycles. The van der Waals surface area contributed by atoms with Crippen molar-refractivity contribution >= 4 is 28.4 Å². The minimum absolute atomic E-state index is 0.263. The van der Waals surface area contributed by atoms with Gasteiger partial charge in [0.25, 0.3) is 5.91 Å². The number of carbonyl (C=O) groups is 1. The maximum absolute atomic E-state index is 13.5. The van der Waals surface area contributed by atoms with Crippen LogP contribution in [0.3, 0.4) is 0 Å². The number of fused-ring (bicyclic) bond motifs is 3. The Kier molecular flexibility index (Phi) is 6.30. The summed E-state index contributed by atoms with van der Waals surface area (Å²) in [6, 6.07) is 16.6. The van der Waals surface area contributed by atoms with E-state index >= 15 is 0 Å². The maximum atomic E-state index is 13.5. The van der Waals surface area contributed by atoms with Gasteiger partial charge in [-0.2, -0.15) is 13.2 Å². The number of aromatic amines is 1. The second-order valence-corrected chi connectivity index (χ2v) is 8.97. The number of nitrogens with one attached hydrogen (secondary N) is 1. The lowest BCUT2D eigenvalue weighted by Crippen LogP contribution is -2.43. The Morgan fingerprint density at radius 3 is 2.56 bits per heavy atom. The summed E-state index contributed by atoms with van der Waals surface area (Å²) in [5.41, 5.74) is 2.06. The molecule has 5 nitrogen and oxygen atoms in total. The van der Waals surface area contributed by atoms with E-state index in [-0.39, 0.29) is 12.5 Å². The molecule has 0 spiro atoms. The predicted octanol–water partition coefficient (Wildman–Crippen LogP) is 6.40. The molecule has 0 aliphatic carbocycles. The highest BCUT2D eigenvalue weighted by Gasteiger charge is 2.37. The van der Waals surface area contributed by atoms with Crippen LogP contribution in [0.4, 0.5) is 13.2 Å². The van der Waals surface area contributed by atoms with Crippen LogP contribution in [0, 0.1) is 0 Å². The number of alkyl halides is 3. The lowest BCUT2D eigenvalue weighted by Gasteiger charge is -2.36. The third kappa shape index (κ3) is 4.60. The van der Waals surface area contributed by atoms with Crippen molar-refractivity contribution in [2.75, 3.05) is 20.3 Å². The Hall–Kier alpha value is -3.65. The third-order valence-electron chi connectivity index (χ3n) is 6.36. The number of carbonyl (C=O) groups excluding carboxylic acids is 1. The van der Waals surface area contributed by atoms with E-state index in [2.05, 4.69) is 4.98 Å². The lowest BCUT2D eigenvalue weighted by atomic mass is 9.91. The van der Waals surface area contributed by atoms with Crippen LogP contribution in [0.5, 0.6) is 11.5 Å². The normalized spacial score (nSPS) is 15.6. The topological polar surface area (TPSA) is 54.6 Å². The average Bonchev–Trinajstić information content (AvgIpc) is 3.25. The van der Waals surface area contributed by atoms with Crippen LogP contribution in [0.15, 0.2) is 66.7 Å². The number of hydrogen-bond donors (Lipinski definition) is 1. The molecular formula is C27H22ClF3N2O3. The molecule has 4 aromatic rings. The second-order valence-electron chi connectivity index (χ2n) is 8.53. The van der Waals surface area contributed by atoms with Crippen molar-refractivity contribution in [3.63, 3.8) is 0 Å². The molecule has 9 heteroatoms. The Labute approximate surface area is 210 Å². The molecular weight excluding hydrogens is 493 g/mol. The monoisotopic (exact) mass is 514 g/mol. The highest BCUT2D eigenvalue weighted by molar-refractivity contribution is 6.30. The van der Waals surface area contributed by atoms with Crippen LogP contribution in [-0.4, -0.2) is 36.1 Å². The van der Waals surface area contributed by atoms with Gasteiger partial charge in [-0.1, -0.05) is 23.7 Å². The number of halogens is 4. The summed E-state index contributed by atoms with van der Waals surface area (Å²) in [6.45, 7) is 0.0569. The molecule has 36 heavy (non-hydrogen) atoms. The molecule has 1 amide bonds. The summed E-state index contributed by atoms with van der Waals surface area (Å²) in [6.07, 6.45) is -3.97. The average molecular weight is 515 g/mol. The van der Waals surface area contributed by atoms with Gasteiger partial charge in [0.05, 0.1) is 18.7 Å². The summed E-state index contributed by atoms with van der Waals surface area (Å²) < 4.78 is 51.6. The van der Waals surface area contributed by atoms with Crippen molar-refractivity contribution in [3.8, 4) is 11.5 Å². The van der Waals surface area contributed by atoms with E-state index in [1.165, 1.54) is 6.07 Å². The van der Waals surface area contributed by atoms with Gasteiger partial charge in [-0.05, 0) is 72.1 Å². The first-order valence-electron chi connectivity index (χ1n) is 11.3. The van der Waals surface area contributed by atoms with Crippen molar-refractivity contribution in [1.82, 2.24) is 9.88 Å². The molecule has 1 N–H and O–H groups in total. The Bertz CT molecular complexity index is 1420. The van der Waals surface area contributed by atoms with Gasteiger partial charge in [-0.3, -0.25) is 4.79 Å². The van der Waals surface area contributed by atoms with E-state index in [4.69, 9.17) is 21.1 Å². The van der Waals surface area contributed by atoms with Gasteiger partial charge >= 0.3 is 6.18 Å². The van der Waals surface area contributed by atoms with E-state index in [0.29, 0.717) is 40.7 Å². The zero-order valence-electron chi connectivity index (χ0n) is 19.2. The third-order valence-corrected chi connectivity index (χ3v) is 6.61. The van der Waals surface area contributed by atoms with Gasteiger partial charge in [-0.25, -0.2) is 0 Å². The van der Waals surface area contributed by atoms with Crippen molar-refractivity contribution in [3.05, 3.63) is 94.1 Å². The standard InChI is InChI=1S/C27H22ClF3N2O3/c1-35-20-9-10-23-22(14-20)21-11-12-33(24(34)15-36-19-7-5-18(28)6-8-19)26(25(21)32-23)16-3-2-4-17(13-16)27(29,30)31/h2-10,13-14,26,32H,11-12,15H2,1H3/t26-/m0/s1. The molecule has 0 saturated carbocycles. The van der Waals surface area contributed by atoms with E-state index in [9.17, 15) is 18.0 Å². The number of hydrogen-bond acceptors (Lipinski definition) is 3. The summed E-state index contributed by atoms with van der Waals surface area (Å²) in [5, 5.41) is 1.46. The number of ether oxygens (including phenoxy) is 2. The molecule has 1 aliphatic heterocycles. The molecule has 0 unspecified atom stereocenters. The molecule has 0 radical (unpaired) electrons. The predicted molar refractivity (Wildman–Crippen MR) is 131 cm³/mol. The minimum Gasteiger partial charge on any atom is -0.497 e. The van der Waals surface area contributed by atoms with Crippen LogP contribution >= 0.6 is 11.6 Å². The fourth-order valence-electron chi connectivity index (χ4n) is 4.65.